The quantitative estimate of drug-likeness (QED) is 0.777. The molecule has 1 aliphatic rings. The first-order chi connectivity index (χ1) is 11.3. The van der Waals surface area contributed by atoms with E-state index in [1.165, 1.54) is 16.5 Å². The maximum atomic E-state index is 5.66. The molecule has 3 aromatic rings. The zero-order valence-electron chi connectivity index (χ0n) is 12.8. The fourth-order valence-corrected chi connectivity index (χ4v) is 2.99. The maximum absolute atomic E-state index is 5.66. The molecule has 2 nitrogen and oxygen atoms in total. The molecule has 1 unspecified atom stereocenters. The monoisotopic (exact) mass is 298 g/mol. The number of nitrogens with zero attached hydrogens (tertiary/aromatic N) is 1. The zero-order valence-corrected chi connectivity index (χ0v) is 12.8. The molecule has 0 radical (unpaired) electrons. The van der Waals surface area contributed by atoms with Crippen LogP contribution in [0.2, 0.25) is 0 Å². The lowest BCUT2D eigenvalue weighted by atomic mass is 9.99. The van der Waals surface area contributed by atoms with Crippen LogP contribution in [0.25, 0.3) is 16.5 Å². The van der Waals surface area contributed by atoms with Gasteiger partial charge in [-0.25, -0.2) is 4.98 Å². The van der Waals surface area contributed by atoms with Gasteiger partial charge < -0.3 is 5.73 Å². The second-order valence-corrected chi connectivity index (χ2v) is 5.84. The molecule has 112 valence electrons. The van der Waals surface area contributed by atoms with Crippen molar-refractivity contribution in [1.29, 1.82) is 0 Å². The van der Waals surface area contributed by atoms with E-state index in [4.69, 9.17) is 10.7 Å². The Labute approximate surface area is 136 Å². The second kappa shape index (κ2) is 5.82. The van der Waals surface area contributed by atoms with Crippen molar-refractivity contribution < 1.29 is 0 Å². The summed E-state index contributed by atoms with van der Waals surface area (Å²) in [7, 11) is 0. The number of nitrogens with two attached hydrogens (primary N) is 1. The van der Waals surface area contributed by atoms with Crippen LogP contribution in [0.15, 0.2) is 78.9 Å². The Balaban J connectivity index is 1.65. The number of fused-ring (bicyclic) bond motifs is 1. The van der Waals surface area contributed by atoms with E-state index in [2.05, 4.69) is 66.8 Å². The molecule has 4 rings (SSSR count). The minimum atomic E-state index is 0.310. The number of hydrogen-bond donors (Lipinski definition) is 1. The maximum Gasteiger partial charge on any atom is 0.0709 e. The van der Waals surface area contributed by atoms with Crippen LogP contribution in [0.5, 0.6) is 0 Å². The van der Waals surface area contributed by atoms with E-state index < -0.39 is 0 Å². The first-order valence-electron chi connectivity index (χ1n) is 7.88. The Bertz CT molecular complexity index is 905. The van der Waals surface area contributed by atoms with E-state index in [1.807, 2.05) is 12.1 Å². The summed E-state index contributed by atoms with van der Waals surface area (Å²) in [4.78, 5) is 4.78. The van der Waals surface area contributed by atoms with Gasteiger partial charge in [0, 0.05) is 17.8 Å². The minimum Gasteiger partial charge on any atom is -0.326 e. The van der Waals surface area contributed by atoms with Crippen LogP contribution in [-0.4, -0.2) is 4.98 Å². The SMILES string of the molecule is NCc1ccc(C2C=CC(c3ccc4ccccc4n3)=C2)cc1. The summed E-state index contributed by atoms with van der Waals surface area (Å²) in [6, 6.07) is 21.0. The van der Waals surface area contributed by atoms with Gasteiger partial charge in [0.25, 0.3) is 0 Å². The Hall–Kier alpha value is -2.71. The molecular formula is C21H18N2. The van der Waals surface area contributed by atoms with Crippen molar-refractivity contribution in [3.63, 3.8) is 0 Å². The number of aromatic nitrogens is 1. The number of pyridine rings is 1. The summed E-state index contributed by atoms with van der Waals surface area (Å²) >= 11 is 0. The standard InChI is InChI=1S/C21H18N2/c22-14-15-5-7-16(8-6-15)18-9-10-19(13-18)21-12-11-17-3-1-2-4-20(17)23-21/h1-13,18H,14,22H2. The van der Waals surface area contributed by atoms with Crippen LogP contribution >= 0.6 is 0 Å². The molecule has 0 fully saturated rings. The van der Waals surface area contributed by atoms with E-state index in [0.717, 1.165) is 16.8 Å². The van der Waals surface area contributed by atoms with Gasteiger partial charge in [0.2, 0.25) is 0 Å². The average molecular weight is 298 g/mol. The van der Waals surface area contributed by atoms with Crippen LogP contribution in [0, 0.1) is 0 Å². The topological polar surface area (TPSA) is 38.9 Å². The molecule has 0 spiro atoms. The van der Waals surface area contributed by atoms with Crippen molar-refractivity contribution in [3.05, 3.63) is 95.7 Å². The zero-order chi connectivity index (χ0) is 15.6. The third-order valence-electron chi connectivity index (χ3n) is 4.34. The highest BCUT2D eigenvalue weighted by molar-refractivity contribution is 5.83. The van der Waals surface area contributed by atoms with Crippen molar-refractivity contribution in [3.8, 4) is 0 Å². The van der Waals surface area contributed by atoms with Gasteiger partial charge in [0.05, 0.1) is 11.2 Å². The lowest BCUT2D eigenvalue weighted by Crippen LogP contribution is -1.96. The van der Waals surface area contributed by atoms with E-state index in [9.17, 15) is 0 Å². The van der Waals surface area contributed by atoms with E-state index in [-0.39, 0.29) is 0 Å². The lowest BCUT2D eigenvalue weighted by molar-refractivity contribution is 1.05. The van der Waals surface area contributed by atoms with Gasteiger partial charge in [-0.3, -0.25) is 0 Å². The number of hydrogen-bond acceptors (Lipinski definition) is 2. The molecule has 2 heteroatoms. The fraction of sp³-hybridized carbons (Fsp3) is 0.0952. The largest absolute Gasteiger partial charge is 0.326 e. The third kappa shape index (κ3) is 2.69. The van der Waals surface area contributed by atoms with Crippen LogP contribution in [0.4, 0.5) is 0 Å². The Kier molecular flexibility index (Phi) is 3.52. The molecule has 23 heavy (non-hydrogen) atoms. The normalized spacial score (nSPS) is 16.7. The highest BCUT2D eigenvalue weighted by atomic mass is 14.7. The van der Waals surface area contributed by atoms with Crippen LogP contribution in [0.3, 0.4) is 0 Å². The minimum absolute atomic E-state index is 0.310. The molecule has 0 saturated heterocycles. The van der Waals surface area contributed by atoms with Gasteiger partial charge >= 0.3 is 0 Å². The first kappa shape index (κ1) is 13.9. The summed E-state index contributed by atoms with van der Waals surface area (Å²) in [6.07, 6.45) is 6.66. The molecule has 0 bridgehead atoms. The van der Waals surface area contributed by atoms with Gasteiger partial charge in [0.15, 0.2) is 0 Å². The van der Waals surface area contributed by atoms with Gasteiger partial charge in [-0.05, 0) is 28.8 Å². The summed E-state index contributed by atoms with van der Waals surface area (Å²) in [5, 5.41) is 1.17. The molecule has 0 saturated carbocycles. The molecule has 1 aliphatic carbocycles. The number of allylic oxidation sites excluding steroid dienone is 4. The molecule has 2 N–H and O–H groups in total. The van der Waals surface area contributed by atoms with E-state index in [1.54, 1.807) is 0 Å². The second-order valence-electron chi connectivity index (χ2n) is 5.84. The first-order valence-corrected chi connectivity index (χ1v) is 7.88. The lowest BCUT2D eigenvalue weighted by Gasteiger charge is -2.07. The van der Waals surface area contributed by atoms with E-state index >= 15 is 0 Å². The van der Waals surface area contributed by atoms with E-state index in [0.29, 0.717) is 12.5 Å². The fourth-order valence-electron chi connectivity index (χ4n) is 2.99. The molecule has 0 amide bonds. The van der Waals surface area contributed by atoms with Crippen LogP contribution < -0.4 is 5.73 Å². The van der Waals surface area contributed by atoms with Crippen LogP contribution in [0.1, 0.15) is 22.7 Å². The average Bonchev–Trinajstić information content (AvgIpc) is 3.11. The molecule has 2 aromatic carbocycles. The molecule has 0 aliphatic heterocycles. The van der Waals surface area contributed by atoms with Gasteiger partial charge in [0.1, 0.15) is 0 Å². The Morgan fingerprint density at radius 1 is 0.913 bits per heavy atom. The predicted molar refractivity (Wildman–Crippen MR) is 95.9 cm³/mol. The number of benzene rings is 2. The number of rotatable bonds is 3. The van der Waals surface area contributed by atoms with Crippen LogP contribution in [-0.2, 0) is 6.54 Å². The molecular weight excluding hydrogens is 280 g/mol. The van der Waals surface area contributed by atoms with Gasteiger partial charge in [-0.1, -0.05) is 66.8 Å². The number of para-hydroxylation sites is 1. The van der Waals surface area contributed by atoms with Crippen molar-refractivity contribution in [2.75, 3.05) is 0 Å². The summed E-state index contributed by atoms with van der Waals surface area (Å²) in [5.41, 5.74) is 11.4. The molecule has 1 atom stereocenters. The van der Waals surface area contributed by atoms with Crippen molar-refractivity contribution >= 4 is 16.5 Å². The van der Waals surface area contributed by atoms with Crippen molar-refractivity contribution in [2.24, 2.45) is 5.73 Å². The van der Waals surface area contributed by atoms with Crippen molar-refractivity contribution in [2.45, 2.75) is 12.5 Å². The summed E-state index contributed by atoms with van der Waals surface area (Å²) in [6.45, 7) is 0.586. The predicted octanol–water partition coefficient (Wildman–Crippen LogP) is 4.43. The smallest absolute Gasteiger partial charge is 0.0709 e. The van der Waals surface area contributed by atoms with Gasteiger partial charge in [-0.15, -0.1) is 0 Å². The molecule has 1 heterocycles. The summed E-state index contributed by atoms with van der Waals surface area (Å²) < 4.78 is 0. The highest BCUT2D eigenvalue weighted by Gasteiger charge is 2.14. The Morgan fingerprint density at radius 3 is 2.57 bits per heavy atom. The van der Waals surface area contributed by atoms with Gasteiger partial charge in [-0.2, -0.15) is 0 Å². The third-order valence-corrected chi connectivity index (χ3v) is 4.34. The Morgan fingerprint density at radius 2 is 1.74 bits per heavy atom. The van der Waals surface area contributed by atoms with Crippen molar-refractivity contribution in [1.82, 2.24) is 4.98 Å². The highest BCUT2D eigenvalue weighted by Crippen LogP contribution is 2.31. The molecule has 1 aromatic heterocycles. The summed E-state index contributed by atoms with van der Waals surface area (Å²) in [5.74, 6) is 0.310.